The van der Waals surface area contributed by atoms with E-state index >= 15 is 0 Å². The van der Waals surface area contributed by atoms with Gasteiger partial charge in [0.1, 0.15) is 12.3 Å². The molecule has 1 saturated heterocycles. The van der Waals surface area contributed by atoms with Gasteiger partial charge in [0.15, 0.2) is 5.76 Å². The fourth-order valence-corrected chi connectivity index (χ4v) is 4.55. The highest BCUT2D eigenvalue weighted by molar-refractivity contribution is 5.91. The van der Waals surface area contributed by atoms with Crippen LogP contribution in [0.2, 0.25) is 0 Å². The number of benzene rings is 1. The molecule has 1 fully saturated rings. The van der Waals surface area contributed by atoms with Crippen molar-refractivity contribution in [2.75, 3.05) is 27.2 Å². The summed E-state index contributed by atoms with van der Waals surface area (Å²) >= 11 is 0. The summed E-state index contributed by atoms with van der Waals surface area (Å²) in [7, 11) is 3.49. The van der Waals surface area contributed by atoms with Gasteiger partial charge in [0.25, 0.3) is 5.91 Å². The maximum atomic E-state index is 13.1. The number of carbonyl (C=O) groups is 2. The van der Waals surface area contributed by atoms with E-state index in [-0.39, 0.29) is 30.3 Å². The molecule has 0 N–H and O–H groups in total. The standard InChI is InChI=1S/C25H30N4O4/c1-27(25(31)23-8-4-15-33-23)22(17-19-6-3-7-21(16-19)32-2)20-9-13-28(14-10-20)24(30)18-29-12-5-11-26-29/h3-8,11-12,15-16,20,22H,9-10,13-14,17-18H2,1-2H3/t22-/m0/s1. The number of piperidine rings is 1. The number of nitrogens with zero attached hydrogens (tertiary/aromatic N) is 4. The second kappa shape index (κ2) is 10.4. The molecule has 0 unspecified atom stereocenters. The Labute approximate surface area is 193 Å². The third-order valence-corrected chi connectivity index (χ3v) is 6.42. The zero-order valence-electron chi connectivity index (χ0n) is 19.1. The molecule has 1 aliphatic heterocycles. The van der Waals surface area contributed by atoms with Gasteiger partial charge in [-0.1, -0.05) is 12.1 Å². The predicted octanol–water partition coefficient (Wildman–Crippen LogP) is 3.11. The first-order chi connectivity index (χ1) is 16.0. The number of aromatic nitrogens is 2. The van der Waals surface area contributed by atoms with Gasteiger partial charge in [0.05, 0.1) is 13.4 Å². The van der Waals surface area contributed by atoms with E-state index in [1.165, 1.54) is 6.26 Å². The number of carbonyl (C=O) groups excluding carboxylic acids is 2. The Morgan fingerprint density at radius 2 is 2.03 bits per heavy atom. The van der Waals surface area contributed by atoms with E-state index < -0.39 is 0 Å². The summed E-state index contributed by atoms with van der Waals surface area (Å²) in [5.74, 6) is 1.32. The van der Waals surface area contributed by atoms with Crippen LogP contribution in [-0.2, 0) is 17.8 Å². The first kappa shape index (κ1) is 22.6. The third-order valence-electron chi connectivity index (χ3n) is 6.42. The minimum absolute atomic E-state index is 0.0296. The summed E-state index contributed by atoms with van der Waals surface area (Å²) in [5.41, 5.74) is 1.11. The second-order valence-electron chi connectivity index (χ2n) is 8.44. The zero-order chi connectivity index (χ0) is 23.2. The number of ether oxygens (including phenoxy) is 1. The summed E-state index contributed by atoms with van der Waals surface area (Å²) in [6.07, 6.45) is 7.34. The molecule has 0 saturated carbocycles. The summed E-state index contributed by atoms with van der Waals surface area (Å²) < 4.78 is 12.4. The molecular formula is C25H30N4O4. The van der Waals surface area contributed by atoms with Gasteiger partial charge >= 0.3 is 0 Å². The van der Waals surface area contributed by atoms with Crippen LogP contribution in [0.15, 0.2) is 65.5 Å². The van der Waals surface area contributed by atoms with Crippen LogP contribution in [0.4, 0.5) is 0 Å². The van der Waals surface area contributed by atoms with Crippen molar-refractivity contribution in [1.82, 2.24) is 19.6 Å². The largest absolute Gasteiger partial charge is 0.497 e. The molecule has 2 amide bonds. The van der Waals surface area contributed by atoms with Crippen LogP contribution >= 0.6 is 0 Å². The van der Waals surface area contributed by atoms with Crippen LogP contribution in [0.1, 0.15) is 29.0 Å². The minimum atomic E-state index is -0.134. The van der Waals surface area contributed by atoms with Crippen LogP contribution < -0.4 is 4.74 Å². The summed E-state index contributed by atoms with van der Waals surface area (Å²) in [4.78, 5) is 29.5. The number of hydrogen-bond donors (Lipinski definition) is 0. The van der Waals surface area contributed by atoms with Gasteiger partial charge in [-0.05, 0) is 61.1 Å². The van der Waals surface area contributed by atoms with E-state index in [0.29, 0.717) is 25.3 Å². The molecular weight excluding hydrogens is 420 g/mol. The number of hydrogen-bond acceptors (Lipinski definition) is 5. The van der Waals surface area contributed by atoms with Crippen LogP contribution in [0.25, 0.3) is 0 Å². The number of likely N-dealkylation sites (N-methyl/N-ethyl adjacent to an activating group) is 1. The third kappa shape index (κ3) is 5.45. The molecule has 3 aromatic rings. The first-order valence-corrected chi connectivity index (χ1v) is 11.2. The lowest BCUT2D eigenvalue weighted by atomic mass is 9.84. The Bertz CT molecular complexity index is 1040. The molecule has 0 bridgehead atoms. The number of amides is 2. The maximum Gasteiger partial charge on any atom is 0.289 e. The maximum absolute atomic E-state index is 13.1. The number of rotatable bonds is 8. The van der Waals surface area contributed by atoms with Crippen molar-refractivity contribution in [3.63, 3.8) is 0 Å². The van der Waals surface area contributed by atoms with Crippen molar-refractivity contribution in [3.8, 4) is 5.75 Å². The van der Waals surface area contributed by atoms with E-state index in [1.54, 1.807) is 41.2 Å². The van der Waals surface area contributed by atoms with E-state index in [4.69, 9.17) is 9.15 Å². The lowest BCUT2D eigenvalue weighted by Gasteiger charge is -2.40. The van der Waals surface area contributed by atoms with Crippen LogP contribution in [0.5, 0.6) is 5.75 Å². The molecule has 174 valence electrons. The van der Waals surface area contributed by atoms with Gasteiger partial charge in [0.2, 0.25) is 5.91 Å². The molecule has 1 atom stereocenters. The molecule has 8 nitrogen and oxygen atoms in total. The molecule has 0 radical (unpaired) electrons. The normalized spacial score (nSPS) is 15.3. The van der Waals surface area contributed by atoms with Gasteiger partial charge in [-0.15, -0.1) is 0 Å². The van der Waals surface area contributed by atoms with Gasteiger partial charge in [-0.2, -0.15) is 5.10 Å². The lowest BCUT2D eigenvalue weighted by Crippen LogP contribution is -2.48. The van der Waals surface area contributed by atoms with Crippen molar-refractivity contribution < 1.29 is 18.7 Å². The Morgan fingerprint density at radius 3 is 2.70 bits per heavy atom. The van der Waals surface area contributed by atoms with Crippen LogP contribution in [-0.4, -0.2) is 64.7 Å². The topological polar surface area (TPSA) is 80.8 Å². The van der Waals surface area contributed by atoms with Crippen molar-refractivity contribution in [1.29, 1.82) is 0 Å². The number of furan rings is 1. The van der Waals surface area contributed by atoms with Gasteiger partial charge < -0.3 is 19.0 Å². The quantitative estimate of drug-likeness (QED) is 0.527. The molecule has 8 heteroatoms. The van der Waals surface area contributed by atoms with Crippen molar-refractivity contribution in [2.24, 2.45) is 5.92 Å². The zero-order valence-corrected chi connectivity index (χ0v) is 19.1. The first-order valence-electron chi connectivity index (χ1n) is 11.2. The highest BCUT2D eigenvalue weighted by Crippen LogP contribution is 2.28. The number of methoxy groups -OCH3 is 1. The van der Waals surface area contributed by atoms with E-state index in [0.717, 1.165) is 24.2 Å². The fourth-order valence-electron chi connectivity index (χ4n) is 4.55. The lowest BCUT2D eigenvalue weighted by molar-refractivity contribution is -0.133. The van der Waals surface area contributed by atoms with Crippen molar-refractivity contribution in [2.45, 2.75) is 31.8 Å². The average Bonchev–Trinajstić information content (AvgIpc) is 3.56. The van der Waals surface area contributed by atoms with Gasteiger partial charge in [0, 0.05) is 38.6 Å². The Morgan fingerprint density at radius 1 is 1.21 bits per heavy atom. The smallest absolute Gasteiger partial charge is 0.289 e. The Hall–Kier alpha value is -3.55. The van der Waals surface area contributed by atoms with Crippen molar-refractivity contribution in [3.05, 3.63) is 72.4 Å². The van der Waals surface area contributed by atoms with Gasteiger partial charge in [-0.3, -0.25) is 14.3 Å². The summed E-state index contributed by atoms with van der Waals surface area (Å²) in [6.45, 7) is 1.59. The number of likely N-dealkylation sites (tertiary alicyclic amines) is 1. The molecule has 1 aromatic carbocycles. The van der Waals surface area contributed by atoms with Crippen LogP contribution in [0.3, 0.4) is 0 Å². The molecule has 33 heavy (non-hydrogen) atoms. The fraction of sp³-hybridized carbons (Fsp3) is 0.400. The Balaban J connectivity index is 1.47. The monoisotopic (exact) mass is 450 g/mol. The molecule has 3 heterocycles. The van der Waals surface area contributed by atoms with Crippen LogP contribution in [0, 0.1) is 5.92 Å². The van der Waals surface area contributed by atoms with E-state index in [1.807, 2.05) is 36.2 Å². The highest BCUT2D eigenvalue weighted by atomic mass is 16.5. The second-order valence-corrected chi connectivity index (χ2v) is 8.44. The SMILES string of the molecule is COc1cccc(C[C@@H](C2CCN(C(=O)Cn3cccn3)CC2)N(C)C(=O)c2ccco2)c1. The minimum Gasteiger partial charge on any atom is -0.497 e. The van der Waals surface area contributed by atoms with Gasteiger partial charge in [-0.25, -0.2) is 0 Å². The summed E-state index contributed by atoms with van der Waals surface area (Å²) in [6, 6.07) is 13.2. The van der Waals surface area contributed by atoms with E-state index in [2.05, 4.69) is 11.2 Å². The molecule has 1 aliphatic rings. The predicted molar refractivity (Wildman–Crippen MR) is 123 cm³/mol. The molecule has 0 aliphatic carbocycles. The molecule has 2 aromatic heterocycles. The highest BCUT2D eigenvalue weighted by Gasteiger charge is 2.33. The molecule has 0 spiro atoms. The summed E-state index contributed by atoms with van der Waals surface area (Å²) in [5, 5.41) is 4.13. The average molecular weight is 451 g/mol. The molecule has 4 rings (SSSR count). The van der Waals surface area contributed by atoms with Crippen molar-refractivity contribution >= 4 is 11.8 Å². The van der Waals surface area contributed by atoms with E-state index in [9.17, 15) is 9.59 Å². The Kier molecular flexibility index (Phi) is 7.12.